The van der Waals surface area contributed by atoms with Gasteiger partial charge in [0.1, 0.15) is 5.69 Å². The number of rotatable bonds is 8. The van der Waals surface area contributed by atoms with Gasteiger partial charge in [0.25, 0.3) is 5.69 Å². The van der Waals surface area contributed by atoms with Gasteiger partial charge in [0.2, 0.25) is 5.78 Å². The molecule has 0 amide bonds. The number of nitro groups is 1. The van der Waals surface area contributed by atoms with Crippen LogP contribution in [0.25, 0.3) is 0 Å². The molecule has 0 bridgehead atoms. The summed E-state index contributed by atoms with van der Waals surface area (Å²) in [6.45, 7) is 2.99. The Morgan fingerprint density at radius 2 is 2.11 bits per heavy atom. The minimum Gasteiger partial charge on any atom is -0.377 e. The zero-order chi connectivity index (χ0) is 20.1. The first-order chi connectivity index (χ1) is 13.5. The van der Waals surface area contributed by atoms with Crippen LogP contribution in [-0.4, -0.2) is 26.9 Å². The van der Waals surface area contributed by atoms with Gasteiger partial charge in [0, 0.05) is 43.4 Å². The summed E-state index contributed by atoms with van der Waals surface area (Å²) in [6.07, 6.45) is 3.15. The van der Waals surface area contributed by atoms with E-state index < -0.39 is 4.92 Å². The van der Waals surface area contributed by atoms with Crippen LogP contribution in [-0.2, 0) is 18.4 Å². The van der Waals surface area contributed by atoms with Gasteiger partial charge in [-0.1, -0.05) is 12.1 Å². The molecule has 0 fully saturated rings. The minimum atomic E-state index is -0.512. The number of imidazole rings is 1. The van der Waals surface area contributed by atoms with E-state index in [4.69, 9.17) is 4.74 Å². The molecule has 2 aromatic carbocycles. The van der Waals surface area contributed by atoms with Gasteiger partial charge in [-0.05, 0) is 36.8 Å². The summed E-state index contributed by atoms with van der Waals surface area (Å²) in [5.41, 5.74) is 1.97. The summed E-state index contributed by atoms with van der Waals surface area (Å²) in [5.74, 6) is -0.153. The molecule has 1 heterocycles. The highest BCUT2D eigenvalue weighted by molar-refractivity contribution is 6.07. The second-order valence-electron chi connectivity index (χ2n) is 6.14. The van der Waals surface area contributed by atoms with Crippen LogP contribution < -0.4 is 5.32 Å². The van der Waals surface area contributed by atoms with Gasteiger partial charge >= 0.3 is 0 Å². The lowest BCUT2D eigenvalue weighted by Gasteiger charge is -2.10. The standard InChI is InChI=1S/C20H20N4O4/c1-3-28-13-14-5-4-6-16(11-14)22-17-8-7-15(12-18(17)24(26)27)19(25)20-21-9-10-23(20)2/h4-12,22H,3,13H2,1-2H3. The Morgan fingerprint density at radius 1 is 1.29 bits per heavy atom. The molecule has 1 aromatic heterocycles. The number of nitrogens with zero attached hydrogens (tertiary/aromatic N) is 3. The second-order valence-corrected chi connectivity index (χ2v) is 6.14. The largest absolute Gasteiger partial charge is 0.377 e. The molecule has 0 spiro atoms. The molecule has 0 saturated heterocycles. The molecular formula is C20H20N4O4. The number of anilines is 2. The molecule has 0 unspecified atom stereocenters. The number of aromatic nitrogens is 2. The van der Waals surface area contributed by atoms with Crippen LogP contribution in [0.2, 0.25) is 0 Å². The van der Waals surface area contributed by atoms with Gasteiger partial charge in [-0.25, -0.2) is 4.98 Å². The van der Waals surface area contributed by atoms with Crippen molar-refractivity contribution in [3.63, 3.8) is 0 Å². The lowest BCUT2D eigenvalue weighted by Crippen LogP contribution is -2.09. The molecule has 0 aliphatic rings. The average Bonchev–Trinajstić information content (AvgIpc) is 3.12. The van der Waals surface area contributed by atoms with E-state index in [0.29, 0.717) is 24.6 Å². The maximum Gasteiger partial charge on any atom is 0.293 e. The zero-order valence-corrected chi connectivity index (χ0v) is 15.6. The van der Waals surface area contributed by atoms with Gasteiger partial charge in [-0.3, -0.25) is 14.9 Å². The third-order valence-electron chi connectivity index (χ3n) is 4.16. The van der Waals surface area contributed by atoms with Crippen LogP contribution in [0, 0.1) is 10.1 Å². The Labute approximate surface area is 161 Å². The number of carbonyl (C=O) groups excluding carboxylic acids is 1. The third-order valence-corrected chi connectivity index (χ3v) is 4.16. The number of carbonyl (C=O) groups is 1. The van der Waals surface area contributed by atoms with E-state index in [1.807, 2.05) is 31.2 Å². The van der Waals surface area contributed by atoms with Crippen molar-refractivity contribution in [2.75, 3.05) is 11.9 Å². The first-order valence-electron chi connectivity index (χ1n) is 8.73. The number of ether oxygens (including phenoxy) is 1. The van der Waals surface area contributed by atoms with Crippen molar-refractivity contribution < 1.29 is 14.5 Å². The minimum absolute atomic E-state index is 0.185. The maximum absolute atomic E-state index is 12.6. The number of ketones is 1. The summed E-state index contributed by atoms with van der Waals surface area (Å²) in [7, 11) is 1.69. The summed E-state index contributed by atoms with van der Waals surface area (Å²) in [6, 6.07) is 11.8. The van der Waals surface area contributed by atoms with Crippen LogP contribution in [0.15, 0.2) is 54.9 Å². The van der Waals surface area contributed by atoms with E-state index in [1.165, 1.54) is 18.3 Å². The van der Waals surface area contributed by atoms with Crippen LogP contribution in [0.3, 0.4) is 0 Å². The maximum atomic E-state index is 12.6. The molecule has 0 aliphatic heterocycles. The van der Waals surface area contributed by atoms with Crippen LogP contribution >= 0.6 is 0 Å². The summed E-state index contributed by atoms with van der Waals surface area (Å²) < 4.78 is 6.97. The van der Waals surface area contributed by atoms with Gasteiger partial charge in [-0.2, -0.15) is 0 Å². The predicted molar refractivity (Wildman–Crippen MR) is 105 cm³/mol. The van der Waals surface area contributed by atoms with Crippen molar-refractivity contribution in [3.8, 4) is 0 Å². The highest BCUT2D eigenvalue weighted by Crippen LogP contribution is 2.29. The molecule has 28 heavy (non-hydrogen) atoms. The van der Waals surface area contributed by atoms with Crippen molar-refractivity contribution in [1.82, 2.24) is 9.55 Å². The fourth-order valence-electron chi connectivity index (χ4n) is 2.76. The Balaban J connectivity index is 1.89. The lowest BCUT2D eigenvalue weighted by atomic mass is 10.1. The first-order valence-corrected chi connectivity index (χ1v) is 8.73. The SMILES string of the molecule is CCOCc1cccc(Nc2ccc(C(=O)c3nccn3C)cc2[N+](=O)[O-])c1. The summed E-state index contributed by atoms with van der Waals surface area (Å²) in [4.78, 5) is 27.6. The number of hydrogen-bond donors (Lipinski definition) is 1. The van der Waals surface area contributed by atoms with Crippen molar-refractivity contribution in [2.45, 2.75) is 13.5 Å². The third kappa shape index (κ3) is 4.24. The van der Waals surface area contributed by atoms with E-state index >= 15 is 0 Å². The van der Waals surface area contributed by atoms with E-state index in [0.717, 1.165) is 5.56 Å². The Kier molecular flexibility index (Phi) is 5.81. The molecule has 8 nitrogen and oxygen atoms in total. The number of nitrogens with one attached hydrogen (secondary N) is 1. The van der Waals surface area contributed by atoms with Crippen LogP contribution in [0.4, 0.5) is 17.1 Å². The van der Waals surface area contributed by atoms with Crippen molar-refractivity contribution >= 4 is 22.8 Å². The summed E-state index contributed by atoms with van der Waals surface area (Å²) >= 11 is 0. The molecule has 8 heteroatoms. The highest BCUT2D eigenvalue weighted by Gasteiger charge is 2.20. The molecule has 1 N–H and O–H groups in total. The van der Waals surface area contributed by atoms with E-state index in [9.17, 15) is 14.9 Å². The number of aryl methyl sites for hydroxylation is 1. The van der Waals surface area contributed by atoms with E-state index in [2.05, 4.69) is 10.3 Å². The fraction of sp³-hybridized carbons (Fsp3) is 0.200. The fourth-order valence-corrected chi connectivity index (χ4v) is 2.76. The molecule has 0 saturated carbocycles. The molecule has 0 atom stereocenters. The molecule has 144 valence electrons. The molecule has 3 aromatic rings. The number of hydrogen-bond acceptors (Lipinski definition) is 6. The molecule has 0 radical (unpaired) electrons. The smallest absolute Gasteiger partial charge is 0.293 e. The van der Waals surface area contributed by atoms with Crippen molar-refractivity contribution in [1.29, 1.82) is 0 Å². The Morgan fingerprint density at radius 3 is 2.79 bits per heavy atom. The predicted octanol–water partition coefficient (Wildman–Crippen LogP) is 3.84. The monoisotopic (exact) mass is 380 g/mol. The van der Waals surface area contributed by atoms with Gasteiger partial charge in [0.15, 0.2) is 5.82 Å². The Bertz CT molecular complexity index is 1010. The zero-order valence-electron chi connectivity index (χ0n) is 15.6. The molecule has 0 aliphatic carbocycles. The topological polar surface area (TPSA) is 99.3 Å². The Hall–Kier alpha value is -3.52. The lowest BCUT2D eigenvalue weighted by molar-refractivity contribution is -0.383. The van der Waals surface area contributed by atoms with Crippen LogP contribution in [0.1, 0.15) is 28.7 Å². The second kappa shape index (κ2) is 8.45. The van der Waals surface area contributed by atoms with Gasteiger partial charge < -0.3 is 14.6 Å². The van der Waals surface area contributed by atoms with Gasteiger partial charge in [-0.15, -0.1) is 0 Å². The first kappa shape index (κ1) is 19.2. The molecule has 3 rings (SSSR count). The van der Waals surface area contributed by atoms with Gasteiger partial charge in [0.05, 0.1) is 11.5 Å². The number of benzene rings is 2. The average molecular weight is 380 g/mol. The van der Waals surface area contributed by atoms with Crippen molar-refractivity contribution in [3.05, 3.63) is 81.9 Å². The quantitative estimate of drug-likeness (QED) is 0.362. The van der Waals surface area contributed by atoms with E-state index in [-0.39, 0.29) is 22.9 Å². The van der Waals surface area contributed by atoms with E-state index in [1.54, 1.807) is 23.9 Å². The van der Waals surface area contributed by atoms with Crippen molar-refractivity contribution in [2.24, 2.45) is 7.05 Å². The number of nitro benzene ring substituents is 1. The normalized spacial score (nSPS) is 10.6. The summed E-state index contributed by atoms with van der Waals surface area (Å²) in [5, 5.41) is 14.6. The molecular weight excluding hydrogens is 360 g/mol. The van der Waals surface area contributed by atoms with Crippen LogP contribution in [0.5, 0.6) is 0 Å². The highest BCUT2D eigenvalue weighted by atomic mass is 16.6.